The average Bonchev–Trinajstić information content (AvgIpc) is 2.65. The van der Waals surface area contributed by atoms with E-state index in [2.05, 4.69) is 34.2 Å². The van der Waals surface area contributed by atoms with E-state index in [-0.39, 0.29) is 5.91 Å². The van der Waals surface area contributed by atoms with Crippen molar-refractivity contribution in [2.24, 2.45) is 11.7 Å². The highest BCUT2D eigenvalue weighted by atomic mass is 16.5. The molecule has 2 fully saturated rings. The Kier molecular flexibility index (Phi) is 6.29. The number of likely N-dealkylation sites (tertiary alicyclic amines) is 1. The molecule has 1 aromatic carbocycles. The lowest BCUT2D eigenvalue weighted by molar-refractivity contribution is -0.118. The molecule has 138 valence electrons. The molecule has 2 heterocycles. The van der Waals surface area contributed by atoms with E-state index in [0.29, 0.717) is 25.0 Å². The van der Waals surface area contributed by atoms with Gasteiger partial charge < -0.3 is 20.7 Å². The Morgan fingerprint density at radius 1 is 1.24 bits per heavy atom. The highest BCUT2D eigenvalue weighted by Crippen LogP contribution is 2.22. The van der Waals surface area contributed by atoms with Crippen molar-refractivity contribution in [1.29, 1.82) is 0 Å². The van der Waals surface area contributed by atoms with E-state index in [9.17, 15) is 4.79 Å². The number of hydrogen-bond donors (Lipinski definition) is 2. The monoisotopic (exact) mass is 346 g/mol. The van der Waals surface area contributed by atoms with Crippen LogP contribution in [0, 0.1) is 5.92 Å². The molecule has 6 heteroatoms. The molecular formula is C19H30N4O2. The first-order valence-corrected chi connectivity index (χ1v) is 9.32. The van der Waals surface area contributed by atoms with E-state index < -0.39 is 0 Å². The first-order valence-electron chi connectivity index (χ1n) is 9.32. The summed E-state index contributed by atoms with van der Waals surface area (Å²) in [5.74, 6) is 0.556. The van der Waals surface area contributed by atoms with Crippen molar-refractivity contribution in [2.45, 2.75) is 25.8 Å². The van der Waals surface area contributed by atoms with E-state index in [1.165, 1.54) is 12.1 Å². The third-order valence-corrected chi connectivity index (χ3v) is 5.32. The van der Waals surface area contributed by atoms with Crippen LogP contribution in [0.3, 0.4) is 0 Å². The van der Waals surface area contributed by atoms with Gasteiger partial charge in [-0.1, -0.05) is 0 Å². The van der Waals surface area contributed by atoms with Gasteiger partial charge >= 0.3 is 0 Å². The molecule has 6 nitrogen and oxygen atoms in total. The molecule has 2 aliphatic rings. The predicted octanol–water partition coefficient (Wildman–Crippen LogP) is 1.52. The molecule has 0 radical (unpaired) electrons. The fourth-order valence-corrected chi connectivity index (χ4v) is 3.64. The molecule has 0 spiro atoms. The molecule has 3 rings (SSSR count). The molecular weight excluding hydrogens is 316 g/mol. The molecule has 0 bridgehead atoms. The van der Waals surface area contributed by atoms with Crippen LogP contribution in [0.2, 0.25) is 0 Å². The second kappa shape index (κ2) is 8.65. The van der Waals surface area contributed by atoms with Crippen molar-refractivity contribution in [3.05, 3.63) is 24.3 Å². The van der Waals surface area contributed by atoms with Crippen LogP contribution in [0.4, 0.5) is 11.4 Å². The summed E-state index contributed by atoms with van der Waals surface area (Å²) in [6.45, 7) is 7.63. The molecule has 2 unspecified atom stereocenters. The van der Waals surface area contributed by atoms with Gasteiger partial charge in [-0.2, -0.15) is 0 Å². The Labute approximate surface area is 150 Å². The van der Waals surface area contributed by atoms with Crippen molar-refractivity contribution < 1.29 is 9.53 Å². The number of ether oxygens (including phenoxy) is 1. The number of morpholine rings is 1. The Balaban J connectivity index is 1.52. The van der Waals surface area contributed by atoms with E-state index in [1.54, 1.807) is 0 Å². The number of nitrogens with zero attached hydrogens (tertiary/aromatic N) is 2. The molecule has 2 aliphatic heterocycles. The van der Waals surface area contributed by atoms with Gasteiger partial charge in [0.2, 0.25) is 5.91 Å². The fourth-order valence-electron chi connectivity index (χ4n) is 3.64. The lowest BCUT2D eigenvalue weighted by Crippen LogP contribution is -2.47. The van der Waals surface area contributed by atoms with E-state index >= 15 is 0 Å². The maximum absolute atomic E-state index is 12.4. The Morgan fingerprint density at radius 2 is 1.96 bits per heavy atom. The first kappa shape index (κ1) is 18.2. The van der Waals surface area contributed by atoms with E-state index in [0.717, 1.165) is 45.0 Å². The minimum absolute atomic E-state index is 0.0450. The molecule has 0 aromatic heterocycles. The van der Waals surface area contributed by atoms with Gasteiger partial charge in [0.25, 0.3) is 0 Å². The third kappa shape index (κ3) is 4.93. The van der Waals surface area contributed by atoms with Crippen LogP contribution in [0.15, 0.2) is 24.3 Å². The van der Waals surface area contributed by atoms with Crippen LogP contribution in [0.5, 0.6) is 0 Å². The number of nitrogens with one attached hydrogen (secondary N) is 1. The zero-order valence-corrected chi connectivity index (χ0v) is 15.1. The molecule has 2 atom stereocenters. The predicted molar refractivity (Wildman–Crippen MR) is 101 cm³/mol. The normalized spacial score (nSPS) is 25.0. The van der Waals surface area contributed by atoms with Gasteiger partial charge in [-0.15, -0.1) is 0 Å². The lowest BCUT2D eigenvalue weighted by atomic mass is 9.93. The van der Waals surface area contributed by atoms with E-state index in [1.807, 2.05) is 12.1 Å². The highest BCUT2D eigenvalue weighted by Gasteiger charge is 2.26. The summed E-state index contributed by atoms with van der Waals surface area (Å²) in [6.07, 6.45) is 2.28. The minimum atomic E-state index is 0.0450. The number of carbonyl (C=O) groups is 1. The second-order valence-corrected chi connectivity index (χ2v) is 7.15. The van der Waals surface area contributed by atoms with Crippen LogP contribution in [-0.4, -0.2) is 62.8 Å². The van der Waals surface area contributed by atoms with Crippen molar-refractivity contribution in [2.75, 3.05) is 56.2 Å². The third-order valence-electron chi connectivity index (χ3n) is 5.32. The summed E-state index contributed by atoms with van der Waals surface area (Å²) in [5.41, 5.74) is 7.83. The summed E-state index contributed by atoms with van der Waals surface area (Å²) in [5, 5.41) is 3.02. The Hall–Kier alpha value is -1.63. The number of carbonyl (C=O) groups excluding carboxylic acids is 1. The Morgan fingerprint density at radius 3 is 2.64 bits per heavy atom. The standard InChI is InChI=1S/C19H30N4O2/c1-15-2-3-16(12-20)13-23(15)14-19(24)21-17-4-6-18(7-5-17)22-8-10-25-11-9-22/h4-7,15-16H,2-3,8-14,20H2,1H3,(H,21,24). The SMILES string of the molecule is CC1CCC(CN)CN1CC(=O)Nc1ccc(N2CCOCC2)cc1. The largest absolute Gasteiger partial charge is 0.378 e. The topological polar surface area (TPSA) is 70.8 Å². The number of anilines is 2. The summed E-state index contributed by atoms with van der Waals surface area (Å²) in [7, 11) is 0. The molecule has 0 aliphatic carbocycles. The summed E-state index contributed by atoms with van der Waals surface area (Å²) in [4.78, 5) is 16.9. The van der Waals surface area contributed by atoms with Gasteiger partial charge in [-0.05, 0) is 56.5 Å². The van der Waals surface area contributed by atoms with Gasteiger partial charge in [0.15, 0.2) is 0 Å². The number of hydrogen-bond acceptors (Lipinski definition) is 5. The van der Waals surface area contributed by atoms with Crippen molar-refractivity contribution >= 4 is 17.3 Å². The zero-order valence-electron chi connectivity index (χ0n) is 15.1. The number of rotatable bonds is 5. The van der Waals surface area contributed by atoms with Gasteiger partial charge in [-0.25, -0.2) is 0 Å². The minimum Gasteiger partial charge on any atom is -0.378 e. The summed E-state index contributed by atoms with van der Waals surface area (Å²) in [6, 6.07) is 8.53. The van der Waals surface area contributed by atoms with Crippen LogP contribution < -0.4 is 16.0 Å². The van der Waals surface area contributed by atoms with Gasteiger partial charge in [-0.3, -0.25) is 9.69 Å². The molecule has 3 N–H and O–H groups in total. The molecule has 25 heavy (non-hydrogen) atoms. The molecule has 1 amide bonds. The quantitative estimate of drug-likeness (QED) is 0.846. The van der Waals surface area contributed by atoms with Crippen LogP contribution >= 0.6 is 0 Å². The van der Waals surface area contributed by atoms with Crippen molar-refractivity contribution in [3.8, 4) is 0 Å². The lowest BCUT2D eigenvalue weighted by Gasteiger charge is -2.37. The van der Waals surface area contributed by atoms with Crippen LogP contribution in [0.1, 0.15) is 19.8 Å². The molecule has 2 saturated heterocycles. The maximum atomic E-state index is 12.4. The van der Waals surface area contributed by atoms with Crippen LogP contribution in [0.25, 0.3) is 0 Å². The fraction of sp³-hybridized carbons (Fsp3) is 0.632. The summed E-state index contributed by atoms with van der Waals surface area (Å²) < 4.78 is 5.38. The smallest absolute Gasteiger partial charge is 0.238 e. The molecule has 1 aromatic rings. The maximum Gasteiger partial charge on any atom is 0.238 e. The first-order chi connectivity index (χ1) is 12.2. The van der Waals surface area contributed by atoms with Gasteiger partial charge in [0.1, 0.15) is 0 Å². The average molecular weight is 346 g/mol. The van der Waals surface area contributed by atoms with E-state index in [4.69, 9.17) is 10.5 Å². The number of amides is 1. The van der Waals surface area contributed by atoms with Gasteiger partial charge in [0.05, 0.1) is 19.8 Å². The van der Waals surface area contributed by atoms with Gasteiger partial charge in [0, 0.05) is 37.1 Å². The second-order valence-electron chi connectivity index (χ2n) is 7.15. The molecule has 0 saturated carbocycles. The van der Waals surface area contributed by atoms with Crippen LogP contribution in [-0.2, 0) is 9.53 Å². The number of piperidine rings is 1. The zero-order chi connectivity index (χ0) is 17.6. The summed E-state index contributed by atoms with van der Waals surface area (Å²) >= 11 is 0. The number of benzene rings is 1. The highest BCUT2D eigenvalue weighted by molar-refractivity contribution is 5.92. The van der Waals surface area contributed by atoms with Crippen molar-refractivity contribution in [3.63, 3.8) is 0 Å². The number of nitrogens with two attached hydrogens (primary N) is 1. The Bertz CT molecular complexity index is 557. The van der Waals surface area contributed by atoms with Crippen molar-refractivity contribution in [1.82, 2.24) is 4.90 Å².